The number of ether oxygens (including phenoxy) is 2. The van der Waals surface area contributed by atoms with Gasteiger partial charge in [0.1, 0.15) is 11.5 Å². The Morgan fingerprint density at radius 2 is 1.47 bits per heavy atom. The highest BCUT2D eigenvalue weighted by Gasteiger charge is 2.22. The predicted octanol–water partition coefficient (Wildman–Crippen LogP) is 3.96. The van der Waals surface area contributed by atoms with Gasteiger partial charge in [-0.1, -0.05) is 48.5 Å². The molecule has 0 spiro atoms. The van der Waals surface area contributed by atoms with Crippen LogP contribution in [0.3, 0.4) is 0 Å². The lowest BCUT2D eigenvalue weighted by Crippen LogP contribution is -2.28. The van der Waals surface area contributed by atoms with E-state index < -0.39 is 6.10 Å². The second kappa shape index (κ2) is 10.7. The Morgan fingerprint density at radius 1 is 0.833 bits per heavy atom. The molecule has 0 aliphatic rings. The number of para-hydroxylation sites is 1. The van der Waals surface area contributed by atoms with Gasteiger partial charge in [-0.15, -0.1) is 0 Å². The average Bonchev–Trinajstić information content (AvgIpc) is 2.78. The topological polar surface area (TPSA) is 76.7 Å². The fourth-order valence-electron chi connectivity index (χ4n) is 2.78. The summed E-state index contributed by atoms with van der Waals surface area (Å²) in [6.07, 6.45) is -0.803. The fraction of sp³-hybridized carbons (Fsp3) is 0.167. The molecule has 1 unspecified atom stereocenters. The highest BCUT2D eigenvalue weighted by molar-refractivity contribution is 5.95. The molecule has 0 aliphatic heterocycles. The second-order valence-electron chi connectivity index (χ2n) is 6.48. The molecule has 3 aromatic carbocycles. The van der Waals surface area contributed by atoms with Gasteiger partial charge in [-0.3, -0.25) is 9.59 Å². The van der Waals surface area contributed by atoms with Gasteiger partial charge in [0.05, 0.1) is 0 Å². The van der Waals surface area contributed by atoms with Crippen molar-refractivity contribution in [2.75, 3.05) is 18.5 Å². The summed E-state index contributed by atoms with van der Waals surface area (Å²) < 4.78 is 11.4. The van der Waals surface area contributed by atoms with Crippen LogP contribution in [0.25, 0.3) is 0 Å². The van der Waals surface area contributed by atoms with Crippen molar-refractivity contribution in [3.8, 4) is 11.5 Å². The number of likely N-dealkylation sites (N-methyl/N-ethyl adjacent to an activating group) is 1. The molecule has 0 fully saturated rings. The molecule has 0 aromatic heterocycles. The van der Waals surface area contributed by atoms with E-state index in [-0.39, 0.29) is 18.4 Å². The van der Waals surface area contributed by atoms with Crippen LogP contribution in [0.1, 0.15) is 18.6 Å². The summed E-state index contributed by atoms with van der Waals surface area (Å²) in [4.78, 5) is 24.5. The molecule has 0 heterocycles. The van der Waals surface area contributed by atoms with Crippen LogP contribution in [-0.2, 0) is 9.59 Å². The van der Waals surface area contributed by atoms with E-state index >= 15 is 0 Å². The van der Waals surface area contributed by atoms with Crippen molar-refractivity contribution < 1.29 is 19.1 Å². The molecule has 0 aliphatic carbocycles. The fourth-order valence-corrected chi connectivity index (χ4v) is 2.78. The van der Waals surface area contributed by atoms with E-state index in [9.17, 15) is 9.59 Å². The molecule has 6 heteroatoms. The number of carbonyl (C=O) groups excluding carboxylic acids is 2. The highest BCUT2D eigenvalue weighted by atomic mass is 16.5. The van der Waals surface area contributed by atoms with Crippen molar-refractivity contribution in [1.29, 1.82) is 0 Å². The molecule has 0 saturated carbocycles. The highest BCUT2D eigenvalue weighted by Crippen LogP contribution is 2.24. The first-order valence-corrected chi connectivity index (χ1v) is 9.73. The van der Waals surface area contributed by atoms with Gasteiger partial charge < -0.3 is 20.1 Å². The molecule has 0 bridgehead atoms. The molecule has 2 amide bonds. The van der Waals surface area contributed by atoms with E-state index in [2.05, 4.69) is 10.6 Å². The second-order valence-corrected chi connectivity index (χ2v) is 6.48. The predicted molar refractivity (Wildman–Crippen MR) is 116 cm³/mol. The molecular formula is C24H24N2O4. The van der Waals surface area contributed by atoms with Crippen molar-refractivity contribution in [1.82, 2.24) is 5.32 Å². The number of carbonyl (C=O) groups is 2. The molecule has 1 atom stereocenters. The van der Waals surface area contributed by atoms with Gasteiger partial charge in [-0.25, -0.2) is 0 Å². The molecule has 3 rings (SSSR count). The first kappa shape index (κ1) is 20.9. The zero-order chi connectivity index (χ0) is 21.2. The Balaban J connectivity index is 1.67. The van der Waals surface area contributed by atoms with Gasteiger partial charge in [0.2, 0.25) is 6.10 Å². The first-order chi connectivity index (χ1) is 14.7. The maximum absolute atomic E-state index is 13.0. The average molecular weight is 404 g/mol. The van der Waals surface area contributed by atoms with E-state index in [1.165, 1.54) is 0 Å². The summed E-state index contributed by atoms with van der Waals surface area (Å²) in [5.74, 6) is 0.676. The van der Waals surface area contributed by atoms with Gasteiger partial charge in [0, 0.05) is 17.8 Å². The molecule has 154 valence electrons. The number of amides is 2. The van der Waals surface area contributed by atoms with Crippen LogP contribution in [0.2, 0.25) is 0 Å². The smallest absolute Gasteiger partial charge is 0.270 e. The monoisotopic (exact) mass is 404 g/mol. The summed E-state index contributed by atoms with van der Waals surface area (Å²) in [6, 6.07) is 25.4. The first-order valence-electron chi connectivity index (χ1n) is 9.73. The molecule has 3 aromatic rings. The van der Waals surface area contributed by atoms with Crippen LogP contribution in [0.5, 0.6) is 11.5 Å². The molecule has 0 saturated heterocycles. The Hall–Kier alpha value is -3.80. The third-order valence-corrected chi connectivity index (χ3v) is 4.20. The lowest BCUT2D eigenvalue weighted by atomic mass is 10.1. The standard InChI is InChI=1S/C24H24N2O4/c1-2-25-22(27)17-29-20-15-13-19(14-16-20)26-24(28)23(18-9-5-3-6-10-18)30-21-11-7-4-8-12-21/h3-16,23H,2,17H2,1H3,(H,25,27)(H,26,28). The summed E-state index contributed by atoms with van der Waals surface area (Å²) in [6.45, 7) is 2.35. The lowest BCUT2D eigenvalue weighted by Gasteiger charge is -2.19. The van der Waals surface area contributed by atoms with E-state index in [0.29, 0.717) is 23.7 Å². The number of anilines is 1. The summed E-state index contributed by atoms with van der Waals surface area (Å²) in [5, 5.41) is 5.54. The normalized spacial score (nSPS) is 11.2. The maximum Gasteiger partial charge on any atom is 0.270 e. The van der Waals surface area contributed by atoms with Crippen molar-refractivity contribution in [2.45, 2.75) is 13.0 Å². The Kier molecular flexibility index (Phi) is 7.44. The van der Waals surface area contributed by atoms with Crippen LogP contribution in [0.4, 0.5) is 5.69 Å². The minimum Gasteiger partial charge on any atom is -0.484 e. The quantitative estimate of drug-likeness (QED) is 0.566. The number of hydrogen-bond donors (Lipinski definition) is 2. The van der Waals surface area contributed by atoms with Crippen molar-refractivity contribution in [3.63, 3.8) is 0 Å². The van der Waals surface area contributed by atoms with Gasteiger partial charge in [0.25, 0.3) is 11.8 Å². The van der Waals surface area contributed by atoms with E-state index in [1.807, 2.05) is 67.6 Å². The van der Waals surface area contributed by atoms with E-state index in [4.69, 9.17) is 9.47 Å². The largest absolute Gasteiger partial charge is 0.484 e. The van der Waals surface area contributed by atoms with E-state index in [1.54, 1.807) is 24.3 Å². The Labute approximate surface area is 175 Å². The van der Waals surface area contributed by atoms with Crippen LogP contribution >= 0.6 is 0 Å². The zero-order valence-electron chi connectivity index (χ0n) is 16.7. The van der Waals surface area contributed by atoms with Crippen LogP contribution in [0.15, 0.2) is 84.9 Å². The van der Waals surface area contributed by atoms with Crippen LogP contribution in [-0.4, -0.2) is 25.0 Å². The number of rotatable bonds is 9. The Bertz CT molecular complexity index is 944. The Morgan fingerprint density at radius 3 is 2.10 bits per heavy atom. The van der Waals surface area contributed by atoms with Crippen molar-refractivity contribution >= 4 is 17.5 Å². The minimum atomic E-state index is -0.803. The summed E-state index contributed by atoms with van der Waals surface area (Å²) >= 11 is 0. The molecule has 30 heavy (non-hydrogen) atoms. The molecule has 2 N–H and O–H groups in total. The van der Waals surface area contributed by atoms with Gasteiger partial charge >= 0.3 is 0 Å². The zero-order valence-corrected chi connectivity index (χ0v) is 16.7. The third-order valence-electron chi connectivity index (χ3n) is 4.20. The molecular weight excluding hydrogens is 380 g/mol. The maximum atomic E-state index is 13.0. The van der Waals surface area contributed by atoms with Gasteiger partial charge in [0.15, 0.2) is 6.61 Å². The SMILES string of the molecule is CCNC(=O)COc1ccc(NC(=O)C(Oc2ccccc2)c2ccccc2)cc1. The van der Waals surface area contributed by atoms with Crippen LogP contribution < -0.4 is 20.1 Å². The lowest BCUT2D eigenvalue weighted by molar-refractivity contribution is -0.123. The van der Waals surface area contributed by atoms with Crippen LogP contribution in [0, 0.1) is 0 Å². The molecule has 0 radical (unpaired) electrons. The van der Waals surface area contributed by atoms with E-state index in [0.717, 1.165) is 5.56 Å². The van der Waals surface area contributed by atoms with Crippen molar-refractivity contribution in [3.05, 3.63) is 90.5 Å². The molecule has 6 nitrogen and oxygen atoms in total. The third kappa shape index (κ3) is 6.10. The van der Waals surface area contributed by atoms with Crippen molar-refractivity contribution in [2.24, 2.45) is 0 Å². The number of benzene rings is 3. The summed E-state index contributed by atoms with van der Waals surface area (Å²) in [7, 11) is 0. The minimum absolute atomic E-state index is 0.0550. The number of nitrogens with one attached hydrogen (secondary N) is 2. The van der Waals surface area contributed by atoms with Gasteiger partial charge in [-0.05, 0) is 43.3 Å². The van der Waals surface area contributed by atoms with Gasteiger partial charge in [-0.2, -0.15) is 0 Å². The number of hydrogen-bond acceptors (Lipinski definition) is 4. The summed E-state index contributed by atoms with van der Waals surface area (Å²) in [5.41, 5.74) is 1.35.